The maximum Gasteiger partial charge on any atom is 0.252 e. The highest BCUT2D eigenvalue weighted by Crippen LogP contribution is 2.31. The summed E-state index contributed by atoms with van der Waals surface area (Å²) in [6.07, 6.45) is -0.122. The van der Waals surface area contributed by atoms with Crippen molar-refractivity contribution in [3.63, 3.8) is 0 Å². The molecule has 2 N–H and O–H groups in total. The number of hydrogen-bond acceptors (Lipinski definition) is 6. The van der Waals surface area contributed by atoms with Crippen molar-refractivity contribution in [2.45, 2.75) is 12.5 Å². The number of rotatable bonds is 6. The second-order valence-electron chi connectivity index (χ2n) is 6.53. The van der Waals surface area contributed by atoms with Crippen LogP contribution in [0.1, 0.15) is 12.5 Å². The Morgan fingerprint density at radius 1 is 1.20 bits per heavy atom. The Balaban J connectivity index is 1.53. The van der Waals surface area contributed by atoms with Crippen LogP contribution in [0.2, 0.25) is 5.02 Å². The van der Waals surface area contributed by atoms with Gasteiger partial charge in [-0.05, 0) is 36.4 Å². The van der Waals surface area contributed by atoms with Crippen LogP contribution in [0.25, 0.3) is 11.4 Å². The summed E-state index contributed by atoms with van der Waals surface area (Å²) in [5, 5.41) is 10.4. The van der Waals surface area contributed by atoms with Gasteiger partial charge >= 0.3 is 0 Å². The molecule has 0 aliphatic carbocycles. The van der Waals surface area contributed by atoms with Crippen LogP contribution in [0.3, 0.4) is 0 Å². The fourth-order valence-electron chi connectivity index (χ4n) is 3.12. The molecule has 0 fully saturated rings. The summed E-state index contributed by atoms with van der Waals surface area (Å²) in [6.45, 7) is 0. The number of amides is 2. The monoisotopic (exact) mass is 427 g/mol. The largest absolute Gasteiger partial charge is 0.497 e. The summed E-state index contributed by atoms with van der Waals surface area (Å²) >= 11 is 5.92. The minimum atomic E-state index is -0.815. The van der Waals surface area contributed by atoms with Gasteiger partial charge in [0.1, 0.15) is 17.5 Å². The Morgan fingerprint density at radius 3 is 2.67 bits per heavy atom. The van der Waals surface area contributed by atoms with Gasteiger partial charge in [-0.25, -0.2) is 4.68 Å². The third-order valence-corrected chi connectivity index (χ3v) is 4.88. The predicted molar refractivity (Wildman–Crippen MR) is 111 cm³/mol. The molecule has 3 aromatic rings. The normalized spacial score (nSPS) is 14.8. The first-order valence-electron chi connectivity index (χ1n) is 9.03. The number of nitrogens with one attached hydrogen (secondary N) is 2. The molecule has 30 heavy (non-hydrogen) atoms. The number of fused-ring (bicyclic) bond motifs is 1. The Hall–Kier alpha value is -3.59. The van der Waals surface area contributed by atoms with Crippen LogP contribution >= 0.6 is 11.6 Å². The Labute approximate surface area is 177 Å². The maximum absolute atomic E-state index is 12.6. The second kappa shape index (κ2) is 8.03. The summed E-state index contributed by atoms with van der Waals surface area (Å²) < 4.78 is 11.9. The first-order valence-corrected chi connectivity index (χ1v) is 9.41. The van der Waals surface area contributed by atoms with E-state index in [4.69, 9.17) is 21.1 Å². The molecule has 0 bridgehead atoms. The van der Waals surface area contributed by atoms with Crippen LogP contribution < -0.4 is 20.1 Å². The van der Waals surface area contributed by atoms with Crippen molar-refractivity contribution in [3.8, 4) is 22.9 Å². The topological polar surface area (TPSA) is 107 Å². The highest BCUT2D eigenvalue weighted by atomic mass is 35.5. The SMILES string of the molecule is COc1ccc(OC)c(NC(=O)C[C@@H]2C(=O)Nc3nc(-c4ccc(Cl)cc4)nn32)c1. The van der Waals surface area contributed by atoms with Crippen molar-refractivity contribution in [2.24, 2.45) is 0 Å². The lowest BCUT2D eigenvalue weighted by Crippen LogP contribution is -2.24. The Kier molecular flexibility index (Phi) is 5.28. The van der Waals surface area contributed by atoms with Crippen molar-refractivity contribution >= 4 is 35.1 Å². The van der Waals surface area contributed by atoms with Gasteiger partial charge in [-0.3, -0.25) is 14.9 Å². The quantitative estimate of drug-likeness (QED) is 0.625. The van der Waals surface area contributed by atoms with E-state index in [0.717, 1.165) is 5.56 Å². The number of carbonyl (C=O) groups is 2. The number of ether oxygens (including phenoxy) is 2. The van der Waals surface area contributed by atoms with Crippen LogP contribution in [0.15, 0.2) is 42.5 Å². The summed E-state index contributed by atoms with van der Waals surface area (Å²) in [5.74, 6) is 1.05. The van der Waals surface area contributed by atoms with E-state index in [1.54, 1.807) is 42.5 Å². The number of aromatic nitrogens is 3. The van der Waals surface area contributed by atoms with E-state index in [-0.39, 0.29) is 18.2 Å². The van der Waals surface area contributed by atoms with Gasteiger partial charge in [0.2, 0.25) is 11.9 Å². The third-order valence-electron chi connectivity index (χ3n) is 4.63. The standard InChI is InChI=1S/C20H18ClN5O4/c1-29-13-7-8-16(30-2)14(9-13)22-17(27)10-15-19(28)24-20-23-18(25-26(15)20)11-3-5-12(21)6-4-11/h3-9,15H,10H2,1-2H3,(H,22,27)(H,23,24,25,28)/t15-/m1/s1. The van der Waals surface area contributed by atoms with Crippen molar-refractivity contribution in [1.29, 1.82) is 0 Å². The van der Waals surface area contributed by atoms with Gasteiger partial charge in [0.15, 0.2) is 5.82 Å². The molecule has 10 heteroatoms. The van der Waals surface area contributed by atoms with E-state index >= 15 is 0 Å². The van der Waals surface area contributed by atoms with Gasteiger partial charge in [0.05, 0.1) is 26.3 Å². The van der Waals surface area contributed by atoms with E-state index in [2.05, 4.69) is 20.7 Å². The molecule has 0 spiro atoms. The number of carbonyl (C=O) groups excluding carboxylic acids is 2. The highest BCUT2D eigenvalue weighted by Gasteiger charge is 2.35. The van der Waals surface area contributed by atoms with Crippen LogP contribution in [0, 0.1) is 0 Å². The molecular weight excluding hydrogens is 410 g/mol. The molecule has 1 atom stereocenters. The van der Waals surface area contributed by atoms with Crippen LogP contribution in [-0.4, -0.2) is 40.8 Å². The van der Waals surface area contributed by atoms with Gasteiger partial charge in [0.25, 0.3) is 5.91 Å². The number of methoxy groups -OCH3 is 2. The van der Waals surface area contributed by atoms with Crippen molar-refractivity contribution in [2.75, 3.05) is 24.9 Å². The van der Waals surface area contributed by atoms with Crippen LogP contribution in [0.5, 0.6) is 11.5 Å². The molecule has 0 radical (unpaired) electrons. The first-order chi connectivity index (χ1) is 14.5. The van der Waals surface area contributed by atoms with Crippen LogP contribution in [0.4, 0.5) is 11.6 Å². The average Bonchev–Trinajstić information content (AvgIpc) is 3.27. The molecule has 1 aromatic heterocycles. The van der Waals surface area contributed by atoms with Gasteiger partial charge in [-0.1, -0.05) is 11.6 Å². The number of halogens is 1. The zero-order chi connectivity index (χ0) is 21.3. The zero-order valence-electron chi connectivity index (χ0n) is 16.2. The van der Waals surface area contributed by atoms with Gasteiger partial charge < -0.3 is 14.8 Å². The summed E-state index contributed by atoms with van der Waals surface area (Å²) in [4.78, 5) is 29.3. The molecule has 2 amide bonds. The summed E-state index contributed by atoms with van der Waals surface area (Å²) in [5.41, 5.74) is 1.20. The lowest BCUT2D eigenvalue weighted by molar-refractivity contribution is -0.123. The molecule has 9 nitrogen and oxygen atoms in total. The minimum Gasteiger partial charge on any atom is -0.497 e. The van der Waals surface area contributed by atoms with E-state index in [9.17, 15) is 9.59 Å². The number of anilines is 2. The lowest BCUT2D eigenvalue weighted by Gasteiger charge is -2.13. The van der Waals surface area contributed by atoms with E-state index in [1.807, 2.05) is 0 Å². The second-order valence-corrected chi connectivity index (χ2v) is 6.97. The Morgan fingerprint density at radius 2 is 1.97 bits per heavy atom. The molecule has 4 rings (SSSR count). The average molecular weight is 428 g/mol. The minimum absolute atomic E-state index is 0.122. The number of nitrogens with zero attached hydrogens (tertiary/aromatic N) is 3. The lowest BCUT2D eigenvalue weighted by atomic mass is 10.2. The molecule has 0 unspecified atom stereocenters. The molecule has 0 saturated heterocycles. The zero-order valence-corrected chi connectivity index (χ0v) is 16.9. The third kappa shape index (κ3) is 3.79. The summed E-state index contributed by atoms with van der Waals surface area (Å²) in [7, 11) is 3.03. The Bertz CT molecular complexity index is 1110. The maximum atomic E-state index is 12.6. The van der Waals surface area contributed by atoms with E-state index in [1.165, 1.54) is 18.9 Å². The van der Waals surface area contributed by atoms with Crippen molar-refractivity contribution in [1.82, 2.24) is 14.8 Å². The number of benzene rings is 2. The highest BCUT2D eigenvalue weighted by molar-refractivity contribution is 6.30. The fourth-order valence-corrected chi connectivity index (χ4v) is 3.25. The van der Waals surface area contributed by atoms with Crippen molar-refractivity contribution < 1.29 is 19.1 Å². The number of hydrogen-bond donors (Lipinski definition) is 2. The molecule has 2 aromatic carbocycles. The van der Waals surface area contributed by atoms with Gasteiger partial charge in [-0.2, -0.15) is 4.98 Å². The predicted octanol–water partition coefficient (Wildman–Crippen LogP) is 3.14. The smallest absolute Gasteiger partial charge is 0.252 e. The van der Waals surface area contributed by atoms with Gasteiger partial charge in [-0.15, -0.1) is 5.10 Å². The fraction of sp³-hybridized carbons (Fsp3) is 0.200. The van der Waals surface area contributed by atoms with Crippen molar-refractivity contribution in [3.05, 3.63) is 47.5 Å². The van der Waals surface area contributed by atoms with E-state index < -0.39 is 6.04 Å². The molecule has 154 valence electrons. The summed E-state index contributed by atoms with van der Waals surface area (Å²) in [6, 6.07) is 11.3. The molecule has 0 saturated carbocycles. The van der Waals surface area contributed by atoms with E-state index in [0.29, 0.717) is 34.0 Å². The molecule has 1 aliphatic rings. The molecular formula is C20H18ClN5O4. The molecule has 1 aliphatic heterocycles. The van der Waals surface area contributed by atoms with Crippen LogP contribution in [-0.2, 0) is 9.59 Å². The van der Waals surface area contributed by atoms with Gasteiger partial charge in [0, 0.05) is 16.7 Å². The first kappa shape index (κ1) is 19.7. The molecule has 2 heterocycles.